The first-order chi connectivity index (χ1) is 13.9. The molecule has 1 aliphatic rings. The average Bonchev–Trinajstić information content (AvgIpc) is 2.96. The standard InChI is InChI=1S/C23H25NO3S2/c1-5-6-11-27-19-10-8-17(13-20(19)26-4)14-21-22(25)24(23(28)29-21)18-9-7-15(2)12-16(18)3/h7-10,12-14H,5-6,11H2,1-4H3/b21-14+. The van der Waals surface area contributed by atoms with Crippen LogP contribution in [0.5, 0.6) is 11.5 Å². The molecule has 0 atom stereocenters. The van der Waals surface area contributed by atoms with Crippen molar-refractivity contribution in [3.8, 4) is 11.5 Å². The van der Waals surface area contributed by atoms with Gasteiger partial charge in [-0.3, -0.25) is 9.69 Å². The minimum absolute atomic E-state index is 0.103. The van der Waals surface area contributed by atoms with E-state index in [1.165, 1.54) is 11.8 Å². The van der Waals surface area contributed by atoms with E-state index < -0.39 is 0 Å². The summed E-state index contributed by atoms with van der Waals surface area (Å²) in [5.41, 5.74) is 3.88. The monoisotopic (exact) mass is 427 g/mol. The maximum Gasteiger partial charge on any atom is 0.270 e. The summed E-state index contributed by atoms with van der Waals surface area (Å²) in [7, 11) is 1.62. The van der Waals surface area contributed by atoms with Crippen molar-refractivity contribution in [1.29, 1.82) is 0 Å². The fraction of sp³-hybridized carbons (Fsp3) is 0.304. The van der Waals surface area contributed by atoms with E-state index in [9.17, 15) is 4.79 Å². The van der Waals surface area contributed by atoms with Crippen molar-refractivity contribution in [2.75, 3.05) is 18.6 Å². The predicted octanol–water partition coefficient (Wildman–Crippen LogP) is 5.90. The van der Waals surface area contributed by atoms with Crippen molar-refractivity contribution in [3.05, 3.63) is 58.0 Å². The lowest BCUT2D eigenvalue weighted by atomic mass is 10.1. The lowest BCUT2D eigenvalue weighted by molar-refractivity contribution is -0.113. The van der Waals surface area contributed by atoms with E-state index in [0.717, 1.165) is 35.2 Å². The SMILES string of the molecule is CCCCOc1ccc(/C=C2/SC(=S)N(c3ccc(C)cc3C)C2=O)cc1OC. The molecule has 4 nitrogen and oxygen atoms in total. The maximum absolute atomic E-state index is 13.0. The zero-order valence-corrected chi connectivity index (χ0v) is 18.8. The number of thioether (sulfide) groups is 1. The Morgan fingerprint density at radius 2 is 1.93 bits per heavy atom. The highest BCUT2D eigenvalue weighted by atomic mass is 32.2. The van der Waals surface area contributed by atoms with E-state index in [1.54, 1.807) is 12.0 Å². The number of ether oxygens (including phenoxy) is 2. The van der Waals surface area contributed by atoms with Crippen LogP contribution in [0, 0.1) is 13.8 Å². The second-order valence-electron chi connectivity index (χ2n) is 6.92. The Labute approximate surface area is 181 Å². The number of carbonyl (C=O) groups excluding carboxylic acids is 1. The van der Waals surface area contributed by atoms with Crippen molar-refractivity contribution in [1.82, 2.24) is 0 Å². The Morgan fingerprint density at radius 3 is 2.62 bits per heavy atom. The molecule has 0 aliphatic carbocycles. The number of methoxy groups -OCH3 is 1. The summed E-state index contributed by atoms with van der Waals surface area (Å²) < 4.78 is 11.8. The smallest absolute Gasteiger partial charge is 0.270 e. The van der Waals surface area contributed by atoms with Crippen LogP contribution in [0.15, 0.2) is 41.3 Å². The molecule has 0 saturated carbocycles. The number of anilines is 1. The molecule has 1 amide bonds. The number of benzene rings is 2. The van der Waals surface area contributed by atoms with Gasteiger partial charge in [0.1, 0.15) is 0 Å². The van der Waals surface area contributed by atoms with Crippen LogP contribution in [0.1, 0.15) is 36.5 Å². The number of thiocarbonyl (C=S) groups is 1. The third-order valence-electron chi connectivity index (χ3n) is 4.63. The molecule has 0 bridgehead atoms. The summed E-state index contributed by atoms with van der Waals surface area (Å²) in [4.78, 5) is 15.3. The Kier molecular flexibility index (Phi) is 6.98. The molecule has 1 fully saturated rings. The number of hydrogen-bond donors (Lipinski definition) is 0. The Hall–Kier alpha value is -2.31. The van der Waals surface area contributed by atoms with E-state index in [2.05, 4.69) is 13.0 Å². The van der Waals surface area contributed by atoms with Crippen molar-refractivity contribution in [2.45, 2.75) is 33.6 Å². The quantitative estimate of drug-likeness (QED) is 0.313. The molecular formula is C23H25NO3S2. The molecular weight excluding hydrogens is 402 g/mol. The second-order valence-corrected chi connectivity index (χ2v) is 8.60. The first-order valence-corrected chi connectivity index (χ1v) is 10.8. The predicted molar refractivity (Wildman–Crippen MR) is 125 cm³/mol. The average molecular weight is 428 g/mol. The number of aryl methyl sites for hydroxylation is 2. The highest BCUT2D eigenvalue weighted by molar-refractivity contribution is 8.27. The second kappa shape index (κ2) is 9.46. The van der Waals surface area contributed by atoms with Gasteiger partial charge in [0.2, 0.25) is 0 Å². The number of amides is 1. The van der Waals surface area contributed by atoms with Crippen LogP contribution in [0.2, 0.25) is 0 Å². The molecule has 0 aromatic heterocycles. The summed E-state index contributed by atoms with van der Waals surface area (Å²) in [5, 5.41) is 0. The number of unbranched alkanes of at least 4 members (excludes halogenated alkanes) is 1. The first-order valence-electron chi connectivity index (χ1n) is 9.60. The van der Waals surface area contributed by atoms with E-state index >= 15 is 0 Å². The highest BCUT2D eigenvalue weighted by Crippen LogP contribution is 2.38. The Balaban J connectivity index is 1.85. The highest BCUT2D eigenvalue weighted by Gasteiger charge is 2.34. The summed E-state index contributed by atoms with van der Waals surface area (Å²) in [6, 6.07) is 11.7. The van der Waals surface area contributed by atoms with Gasteiger partial charge in [-0.05, 0) is 55.7 Å². The van der Waals surface area contributed by atoms with Gasteiger partial charge in [-0.1, -0.05) is 61.1 Å². The normalized spacial score (nSPS) is 15.3. The van der Waals surface area contributed by atoms with Crippen molar-refractivity contribution < 1.29 is 14.3 Å². The van der Waals surface area contributed by atoms with Gasteiger partial charge in [0.15, 0.2) is 15.8 Å². The molecule has 2 aromatic rings. The van der Waals surface area contributed by atoms with Crippen molar-refractivity contribution in [2.24, 2.45) is 0 Å². The minimum Gasteiger partial charge on any atom is -0.493 e. The molecule has 3 rings (SSSR count). The van der Waals surface area contributed by atoms with Crippen molar-refractivity contribution in [3.63, 3.8) is 0 Å². The number of nitrogens with zero attached hydrogens (tertiary/aromatic N) is 1. The summed E-state index contributed by atoms with van der Waals surface area (Å²) in [6.45, 7) is 6.80. The third kappa shape index (κ3) is 4.82. The van der Waals surface area contributed by atoms with Gasteiger partial charge >= 0.3 is 0 Å². The van der Waals surface area contributed by atoms with E-state index in [1.807, 2.05) is 50.3 Å². The van der Waals surface area contributed by atoms with Crippen LogP contribution in [-0.4, -0.2) is 23.9 Å². The fourth-order valence-electron chi connectivity index (χ4n) is 3.10. The number of carbonyl (C=O) groups is 1. The van der Waals surface area contributed by atoms with Gasteiger partial charge < -0.3 is 9.47 Å². The summed E-state index contributed by atoms with van der Waals surface area (Å²) in [5.74, 6) is 1.26. The topological polar surface area (TPSA) is 38.8 Å². The van der Waals surface area contributed by atoms with E-state index in [0.29, 0.717) is 27.3 Å². The number of rotatable bonds is 7. The van der Waals surface area contributed by atoms with Gasteiger partial charge in [-0.25, -0.2) is 0 Å². The fourth-order valence-corrected chi connectivity index (χ4v) is 4.39. The molecule has 2 aromatic carbocycles. The van der Waals surface area contributed by atoms with Crippen LogP contribution >= 0.6 is 24.0 Å². The molecule has 0 unspecified atom stereocenters. The molecule has 0 radical (unpaired) electrons. The van der Waals surface area contributed by atoms with E-state index in [4.69, 9.17) is 21.7 Å². The molecule has 6 heteroatoms. The minimum atomic E-state index is -0.103. The largest absolute Gasteiger partial charge is 0.493 e. The molecule has 1 aliphatic heterocycles. The Bertz CT molecular complexity index is 969. The van der Waals surface area contributed by atoms with Crippen LogP contribution < -0.4 is 14.4 Å². The van der Waals surface area contributed by atoms with Gasteiger partial charge in [-0.15, -0.1) is 0 Å². The van der Waals surface area contributed by atoms with Gasteiger partial charge in [-0.2, -0.15) is 0 Å². The molecule has 0 spiro atoms. The lowest BCUT2D eigenvalue weighted by Gasteiger charge is -2.17. The number of hydrogen-bond acceptors (Lipinski definition) is 5. The maximum atomic E-state index is 13.0. The van der Waals surface area contributed by atoms with Crippen LogP contribution in [0.25, 0.3) is 6.08 Å². The molecule has 29 heavy (non-hydrogen) atoms. The molecule has 152 valence electrons. The molecule has 1 heterocycles. The Morgan fingerprint density at radius 1 is 1.14 bits per heavy atom. The summed E-state index contributed by atoms with van der Waals surface area (Å²) >= 11 is 6.81. The van der Waals surface area contributed by atoms with E-state index in [-0.39, 0.29) is 5.91 Å². The van der Waals surface area contributed by atoms with Gasteiger partial charge in [0.25, 0.3) is 5.91 Å². The summed E-state index contributed by atoms with van der Waals surface area (Å²) in [6.07, 6.45) is 3.91. The lowest BCUT2D eigenvalue weighted by Crippen LogP contribution is -2.28. The van der Waals surface area contributed by atoms with Crippen LogP contribution in [0.4, 0.5) is 5.69 Å². The van der Waals surface area contributed by atoms with Crippen LogP contribution in [-0.2, 0) is 4.79 Å². The first kappa shape index (κ1) is 21.4. The molecule has 0 N–H and O–H groups in total. The van der Waals surface area contributed by atoms with Gasteiger partial charge in [0, 0.05) is 0 Å². The zero-order chi connectivity index (χ0) is 21.0. The third-order valence-corrected chi connectivity index (χ3v) is 5.93. The van der Waals surface area contributed by atoms with Crippen molar-refractivity contribution >= 4 is 46.0 Å². The zero-order valence-electron chi connectivity index (χ0n) is 17.2. The van der Waals surface area contributed by atoms with Crippen LogP contribution in [0.3, 0.4) is 0 Å². The molecule has 1 saturated heterocycles. The van der Waals surface area contributed by atoms with Gasteiger partial charge in [0.05, 0.1) is 24.3 Å².